The quantitative estimate of drug-likeness (QED) is 0.570. The van der Waals surface area contributed by atoms with Crippen molar-refractivity contribution >= 4 is 16.9 Å². The van der Waals surface area contributed by atoms with E-state index in [1.54, 1.807) is 18.9 Å². The summed E-state index contributed by atoms with van der Waals surface area (Å²) in [6, 6.07) is 12.9. The smallest absolute Gasteiger partial charge is 0.242 e. The van der Waals surface area contributed by atoms with Gasteiger partial charge in [-0.05, 0) is 36.8 Å². The highest BCUT2D eigenvalue weighted by atomic mass is 16.5. The molecule has 0 saturated heterocycles. The first kappa shape index (κ1) is 19.6. The zero-order valence-electron chi connectivity index (χ0n) is 16.2. The summed E-state index contributed by atoms with van der Waals surface area (Å²) in [5.41, 5.74) is 2.49. The molecule has 0 unspecified atom stereocenters. The lowest BCUT2D eigenvalue weighted by Gasteiger charge is -2.17. The standard InChI is InChI=1S/C20H24N4O4/c1-14(15-8-9-18(19(12-15)27-3)28-11-10-26-2)21-20(25)13-24-17-7-5-4-6-16(17)22-23-24/h4-9,12,14H,10-11,13H2,1-3H3,(H,21,25)/t14-/m1/s1. The van der Waals surface area contributed by atoms with Crippen LogP contribution in [0, 0.1) is 0 Å². The van der Waals surface area contributed by atoms with Gasteiger partial charge in [-0.1, -0.05) is 23.4 Å². The Labute approximate surface area is 163 Å². The van der Waals surface area contributed by atoms with Crippen molar-refractivity contribution in [2.45, 2.75) is 19.5 Å². The van der Waals surface area contributed by atoms with Gasteiger partial charge in [0.15, 0.2) is 11.5 Å². The molecule has 148 valence electrons. The van der Waals surface area contributed by atoms with Crippen LogP contribution in [-0.4, -0.2) is 48.3 Å². The van der Waals surface area contributed by atoms with Crippen molar-refractivity contribution in [3.8, 4) is 11.5 Å². The third-order valence-corrected chi connectivity index (χ3v) is 4.32. The number of nitrogens with zero attached hydrogens (tertiary/aromatic N) is 3. The number of para-hydroxylation sites is 1. The molecule has 3 rings (SSSR count). The lowest BCUT2D eigenvalue weighted by atomic mass is 10.1. The number of hydrogen-bond acceptors (Lipinski definition) is 6. The summed E-state index contributed by atoms with van der Waals surface area (Å²) in [5, 5.41) is 11.1. The van der Waals surface area contributed by atoms with E-state index in [2.05, 4.69) is 15.6 Å². The van der Waals surface area contributed by atoms with Gasteiger partial charge in [-0.15, -0.1) is 5.10 Å². The van der Waals surface area contributed by atoms with Gasteiger partial charge in [-0.2, -0.15) is 0 Å². The molecule has 8 heteroatoms. The normalized spacial score (nSPS) is 12.0. The van der Waals surface area contributed by atoms with Gasteiger partial charge < -0.3 is 19.5 Å². The number of benzene rings is 2. The summed E-state index contributed by atoms with van der Waals surface area (Å²) in [5.74, 6) is 1.09. The van der Waals surface area contributed by atoms with Crippen molar-refractivity contribution in [1.82, 2.24) is 20.3 Å². The summed E-state index contributed by atoms with van der Waals surface area (Å²) in [7, 11) is 3.21. The van der Waals surface area contributed by atoms with Crippen LogP contribution in [0.15, 0.2) is 42.5 Å². The molecule has 0 spiro atoms. The highest BCUT2D eigenvalue weighted by Gasteiger charge is 2.15. The molecule has 1 N–H and O–H groups in total. The monoisotopic (exact) mass is 384 g/mol. The van der Waals surface area contributed by atoms with Crippen molar-refractivity contribution in [3.05, 3.63) is 48.0 Å². The number of ether oxygens (including phenoxy) is 3. The van der Waals surface area contributed by atoms with Gasteiger partial charge in [-0.3, -0.25) is 4.79 Å². The Morgan fingerprint density at radius 1 is 1.14 bits per heavy atom. The lowest BCUT2D eigenvalue weighted by Crippen LogP contribution is -2.30. The number of fused-ring (bicyclic) bond motifs is 1. The van der Waals surface area contributed by atoms with E-state index >= 15 is 0 Å². The average molecular weight is 384 g/mol. The average Bonchev–Trinajstić information content (AvgIpc) is 3.11. The van der Waals surface area contributed by atoms with Crippen LogP contribution in [0.3, 0.4) is 0 Å². The second kappa shape index (κ2) is 9.18. The van der Waals surface area contributed by atoms with E-state index in [1.165, 1.54) is 0 Å². The number of amides is 1. The fourth-order valence-corrected chi connectivity index (χ4v) is 2.85. The number of carbonyl (C=O) groups is 1. The summed E-state index contributed by atoms with van der Waals surface area (Å²) < 4.78 is 17.6. The van der Waals surface area contributed by atoms with Crippen molar-refractivity contribution in [1.29, 1.82) is 0 Å². The van der Waals surface area contributed by atoms with E-state index in [1.807, 2.05) is 49.4 Å². The molecule has 0 aliphatic rings. The minimum Gasteiger partial charge on any atom is -0.493 e. The zero-order valence-corrected chi connectivity index (χ0v) is 16.2. The van der Waals surface area contributed by atoms with Crippen LogP contribution in [-0.2, 0) is 16.1 Å². The van der Waals surface area contributed by atoms with Crippen LogP contribution >= 0.6 is 0 Å². The molecular formula is C20H24N4O4. The largest absolute Gasteiger partial charge is 0.493 e. The Hall–Kier alpha value is -3.13. The maximum absolute atomic E-state index is 12.5. The fraction of sp³-hybridized carbons (Fsp3) is 0.350. The number of aromatic nitrogens is 3. The molecule has 0 fully saturated rings. The van der Waals surface area contributed by atoms with Gasteiger partial charge in [0, 0.05) is 7.11 Å². The Morgan fingerprint density at radius 2 is 1.96 bits per heavy atom. The van der Waals surface area contributed by atoms with Crippen LogP contribution < -0.4 is 14.8 Å². The molecular weight excluding hydrogens is 360 g/mol. The fourth-order valence-electron chi connectivity index (χ4n) is 2.85. The lowest BCUT2D eigenvalue weighted by molar-refractivity contribution is -0.122. The SMILES string of the molecule is COCCOc1ccc([C@@H](C)NC(=O)Cn2nnc3ccccc32)cc1OC. The van der Waals surface area contributed by atoms with Gasteiger partial charge in [0.1, 0.15) is 18.7 Å². The van der Waals surface area contributed by atoms with Crippen molar-refractivity contribution in [2.24, 2.45) is 0 Å². The van der Waals surface area contributed by atoms with Gasteiger partial charge in [0.05, 0.1) is 25.3 Å². The third-order valence-electron chi connectivity index (χ3n) is 4.32. The first-order chi connectivity index (χ1) is 13.6. The minimum absolute atomic E-state index is 0.0974. The molecule has 3 aromatic rings. The van der Waals surface area contributed by atoms with Gasteiger partial charge in [0.2, 0.25) is 5.91 Å². The summed E-state index contributed by atoms with van der Waals surface area (Å²) in [4.78, 5) is 12.5. The summed E-state index contributed by atoms with van der Waals surface area (Å²) in [6.45, 7) is 2.94. The molecule has 1 amide bonds. The van der Waals surface area contributed by atoms with Crippen molar-refractivity contribution < 1.29 is 19.0 Å². The molecule has 1 atom stereocenters. The molecule has 1 heterocycles. The number of nitrogens with one attached hydrogen (secondary N) is 1. The maximum atomic E-state index is 12.5. The predicted molar refractivity (Wildman–Crippen MR) is 104 cm³/mol. The van der Waals surface area contributed by atoms with E-state index in [0.29, 0.717) is 24.7 Å². The van der Waals surface area contributed by atoms with Crippen molar-refractivity contribution in [3.63, 3.8) is 0 Å². The van der Waals surface area contributed by atoms with Crippen LogP contribution in [0.4, 0.5) is 0 Å². The number of carbonyl (C=O) groups excluding carboxylic acids is 1. The maximum Gasteiger partial charge on any atom is 0.242 e. The second-order valence-corrected chi connectivity index (χ2v) is 6.28. The zero-order chi connectivity index (χ0) is 19.9. The molecule has 0 radical (unpaired) electrons. The van der Waals surface area contributed by atoms with E-state index in [0.717, 1.165) is 16.6 Å². The summed E-state index contributed by atoms with van der Waals surface area (Å²) in [6.07, 6.45) is 0. The molecule has 1 aromatic heterocycles. The first-order valence-electron chi connectivity index (χ1n) is 8.99. The Kier molecular flexibility index (Phi) is 6.44. The Balaban J connectivity index is 1.64. The highest BCUT2D eigenvalue weighted by molar-refractivity contribution is 5.80. The Morgan fingerprint density at radius 3 is 2.75 bits per heavy atom. The molecule has 0 aliphatic carbocycles. The molecule has 0 saturated carbocycles. The van der Waals surface area contributed by atoms with Crippen molar-refractivity contribution in [2.75, 3.05) is 27.4 Å². The van der Waals surface area contributed by atoms with Gasteiger partial charge in [-0.25, -0.2) is 4.68 Å². The first-order valence-corrected chi connectivity index (χ1v) is 8.99. The molecule has 8 nitrogen and oxygen atoms in total. The molecule has 0 bridgehead atoms. The third kappa shape index (κ3) is 4.58. The predicted octanol–water partition coefficient (Wildman–Crippen LogP) is 2.34. The summed E-state index contributed by atoms with van der Waals surface area (Å²) >= 11 is 0. The van der Waals surface area contributed by atoms with E-state index in [-0.39, 0.29) is 18.5 Å². The van der Waals surface area contributed by atoms with Crippen LogP contribution in [0.1, 0.15) is 18.5 Å². The van der Waals surface area contributed by atoms with Gasteiger partial charge >= 0.3 is 0 Å². The van der Waals surface area contributed by atoms with Crippen LogP contribution in [0.2, 0.25) is 0 Å². The second-order valence-electron chi connectivity index (χ2n) is 6.28. The number of rotatable bonds is 9. The van der Waals surface area contributed by atoms with E-state index in [9.17, 15) is 4.79 Å². The molecule has 28 heavy (non-hydrogen) atoms. The number of hydrogen-bond donors (Lipinski definition) is 1. The van der Waals surface area contributed by atoms with Crippen LogP contribution in [0.5, 0.6) is 11.5 Å². The van der Waals surface area contributed by atoms with Gasteiger partial charge in [0.25, 0.3) is 0 Å². The molecule has 2 aromatic carbocycles. The van der Waals surface area contributed by atoms with Crippen LogP contribution in [0.25, 0.3) is 11.0 Å². The van der Waals surface area contributed by atoms with E-state index < -0.39 is 0 Å². The molecule has 0 aliphatic heterocycles. The number of methoxy groups -OCH3 is 2. The Bertz CT molecular complexity index is 941. The topological polar surface area (TPSA) is 87.5 Å². The highest BCUT2D eigenvalue weighted by Crippen LogP contribution is 2.30. The van der Waals surface area contributed by atoms with E-state index in [4.69, 9.17) is 14.2 Å². The minimum atomic E-state index is -0.204.